The summed E-state index contributed by atoms with van der Waals surface area (Å²) in [6.45, 7) is 6.75. The van der Waals surface area contributed by atoms with Crippen molar-refractivity contribution in [2.75, 3.05) is 46.4 Å². The number of aromatic amines is 1. The Morgan fingerprint density at radius 3 is 2.77 bits per heavy atom. The molecule has 2 atom stereocenters. The van der Waals surface area contributed by atoms with Crippen molar-refractivity contribution in [2.24, 2.45) is 0 Å². The Morgan fingerprint density at radius 1 is 1.20 bits per heavy atom. The van der Waals surface area contributed by atoms with Gasteiger partial charge in [-0.05, 0) is 38.1 Å². The first-order chi connectivity index (χ1) is 17.1. The number of methoxy groups -OCH3 is 1. The van der Waals surface area contributed by atoms with Gasteiger partial charge in [0.15, 0.2) is 0 Å². The number of aromatic nitrogens is 3. The number of amides is 1. The Morgan fingerprint density at radius 2 is 2.06 bits per heavy atom. The molecule has 0 spiro atoms. The smallest absolute Gasteiger partial charge is 0.251 e. The molecule has 9 heteroatoms. The number of piperazine rings is 1. The number of ether oxygens (including phenoxy) is 3. The summed E-state index contributed by atoms with van der Waals surface area (Å²) in [6, 6.07) is 11.7. The van der Waals surface area contributed by atoms with Crippen LogP contribution in [0, 0.1) is 0 Å². The zero-order chi connectivity index (χ0) is 24.2. The van der Waals surface area contributed by atoms with Crippen molar-refractivity contribution < 1.29 is 19.0 Å². The molecule has 1 N–H and O–H groups in total. The second kappa shape index (κ2) is 10.5. The second-order valence-corrected chi connectivity index (χ2v) is 9.00. The molecule has 2 aromatic heterocycles. The van der Waals surface area contributed by atoms with E-state index in [-0.39, 0.29) is 12.0 Å². The summed E-state index contributed by atoms with van der Waals surface area (Å²) < 4.78 is 17.1. The van der Waals surface area contributed by atoms with E-state index in [1.54, 1.807) is 26.4 Å². The topological polar surface area (TPSA) is 92.8 Å². The van der Waals surface area contributed by atoms with E-state index in [9.17, 15) is 4.79 Å². The summed E-state index contributed by atoms with van der Waals surface area (Å²) in [4.78, 5) is 21.0. The fraction of sp³-hybridized carbons (Fsp3) is 0.423. The molecule has 0 saturated carbocycles. The van der Waals surface area contributed by atoms with Crippen LogP contribution in [-0.2, 0) is 9.53 Å². The summed E-state index contributed by atoms with van der Waals surface area (Å²) in [5.41, 5.74) is 3.09. The van der Waals surface area contributed by atoms with Crippen LogP contribution in [0.5, 0.6) is 17.4 Å². The summed E-state index contributed by atoms with van der Waals surface area (Å²) in [5, 5.41) is 6.89. The predicted octanol–water partition coefficient (Wildman–Crippen LogP) is 3.31. The van der Waals surface area contributed by atoms with Crippen molar-refractivity contribution in [3.05, 3.63) is 54.4 Å². The molecule has 0 radical (unpaired) electrons. The van der Waals surface area contributed by atoms with Crippen LogP contribution in [0.2, 0.25) is 0 Å². The van der Waals surface area contributed by atoms with Crippen LogP contribution in [0.25, 0.3) is 11.3 Å². The highest BCUT2D eigenvalue weighted by molar-refractivity contribution is 5.80. The number of carbonyl (C=O) groups excluding carboxylic acids is 1. The van der Waals surface area contributed by atoms with Gasteiger partial charge in [-0.15, -0.1) is 0 Å². The molecule has 1 aromatic carbocycles. The van der Waals surface area contributed by atoms with E-state index in [1.165, 1.54) is 5.56 Å². The number of nitrogens with zero attached hydrogens (tertiary/aromatic N) is 4. The van der Waals surface area contributed by atoms with Crippen LogP contribution in [0.15, 0.2) is 48.8 Å². The molecule has 3 aromatic rings. The zero-order valence-electron chi connectivity index (χ0n) is 20.1. The third-order valence-corrected chi connectivity index (χ3v) is 6.81. The van der Waals surface area contributed by atoms with E-state index >= 15 is 0 Å². The van der Waals surface area contributed by atoms with Gasteiger partial charge in [-0.3, -0.25) is 14.8 Å². The lowest BCUT2D eigenvalue weighted by Crippen LogP contribution is -2.51. The molecule has 9 nitrogen and oxygen atoms in total. The van der Waals surface area contributed by atoms with Crippen LogP contribution >= 0.6 is 0 Å². The van der Waals surface area contributed by atoms with Gasteiger partial charge in [-0.1, -0.05) is 6.07 Å². The average Bonchev–Trinajstić information content (AvgIpc) is 3.58. The van der Waals surface area contributed by atoms with Gasteiger partial charge in [0.25, 0.3) is 5.91 Å². The molecule has 0 aliphatic carbocycles. The van der Waals surface area contributed by atoms with E-state index in [2.05, 4.69) is 26.1 Å². The third-order valence-electron chi connectivity index (χ3n) is 6.81. The molecule has 2 aliphatic heterocycles. The molecule has 1 amide bonds. The molecule has 2 aliphatic rings. The standard InChI is InChI=1S/C26H31N5O4/c1-18(33-2)26(32)31-13-11-30(12-14-31)10-8-20-17-34-24-15-21(4-5-22(20)24)35-25-6-3-19(16-27-25)23-7-9-28-29-23/h3-7,9,15-16,18,20H,8,10-14,17H2,1-2H3,(H,28,29)/t18-,20?/m1/s1. The molecule has 1 fully saturated rings. The van der Waals surface area contributed by atoms with Gasteiger partial charge in [0.1, 0.15) is 17.6 Å². The third kappa shape index (κ3) is 5.31. The maximum absolute atomic E-state index is 12.3. The lowest BCUT2D eigenvalue weighted by molar-refractivity contribution is -0.142. The molecular weight excluding hydrogens is 446 g/mol. The SMILES string of the molecule is CO[C@H](C)C(=O)N1CCN(CCC2COc3cc(Oc4ccc(-c5ccn[nH]5)cn4)ccc32)CC1. The van der Waals surface area contributed by atoms with E-state index in [4.69, 9.17) is 14.2 Å². The monoisotopic (exact) mass is 477 g/mol. The number of pyridine rings is 1. The average molecular weight is 478 g/mol. The fourth-order valence-electron chi connectivity index (χ4n) is 4.59. The van der Waals surface area contributed by atoms with E-state index in [0.29, 0.717) is 24.2 Å². The molecule has 5 rings (SSSR count). The highest BCUT2D eigenvalue weighted by Crippen LogP contribution is 2.39. The van der Waals surface area contributed by atoms with E-state index < -0.39 is 0 Å². The minimum Gasteiger partial charge on any atom is -0.493 e. The van der Waals surface area contributed by atoms with Crippen molar-refractivity contribution in [3.63, 3.8) is 0 Å². The van der Waals surface area contributed by atoms with Crippen LogP contribution in [0.4, 0.5) is 0 Å². The van der Waals surface area contributed by atoms with Crippen molar-refractivity contribution >= 4 is 5.91 Å². The number of hydrogen-bond acceptors (Lipinski definition) is 7. The van der Waals surface area contributed by atoms with E-state index in [1.807, 2.05) is 35.2 Å². The Labute approximate surface area is 205 Å². The van der Waals surface area contributed by atoms with Gasteiger partial charge in [-0.2, -0.15) is 5.10 Å². The minimum atomic E-state index is -0.375. The van der Waals surface area contributed by atoms with Crippen molar-refractivity contribution in [2.45, 2.75) is 25.4 Å². The number of H-pyrrole nitrogens is 1. The number of carbonyl (C=O) groups is 1. The largest absolute Gasteiger partial charge is 0.493 e. The van der Waals surface area contributed by atoms with Gasteiger partial charge in [-0.25, -0.2) is 4.98 Å². The number of rotatable bonds is 8. The molecule has 0 bridgehead atoms. The number of fused-ring (bicyclic) bond motifs is 1. The molecule has 35 heavy (non-hydrogen) atoms. The van der Waals surface area contributed by atoms with Crippen LogP contribution in [-0.4, -0.2) is 83.4 Å². The fourth-order valence-corrected chi connectivity index (χ4v) is 4.59. The summed E-state index contributed by atoms with van der Waals surface area (Å²) in [6.07, 6.45) is 4.12. The summed E-state index contributed by atoms with van der Waals surface area (Å²) in [7, 11) is 1.58. The molecule has 184 valence electrons. The van der Waals surface area contributed by atoms with Gasteiger partial charge in [0, 0.05) is 74.9 Å². The summed E-state index contributed by atoms with van der Waals surface area (Å²) >= 11 is 0. The second-order valence-electron chi connectivity index (χ2n) is 9.00. The molecule has 1 saturated heterocycles. The van der Waals surface area contributed by atoms with E-state index in [0.717, 1.165) is 56.2 Å². The number of benzene rings is 1. The number of hydrogen-bond donors (Lipinski definition) is 1. The number of nitrogens with one attached hydrogen (secondary N) is 1. The molecule has 1 unspecified atom stereocenters. The maximum atomic E-state index is 12.3. The maximum Gasteiger partial charge on any atom is 0.251 e. The predicted molar refractivity (Wildman–Crippen MR) is 131 cm³/mol. The Hall–Kier alpha value is -3.43. The lowest BCUT2D eigenvalue weighted by atomic mass is 9.97. The van der Waals surface area contributed by atoms with Gasteiger partial charge < -0.3 is 19.1 Å². The Balaban J connectivity index is 1.12. The molecular formula is C26H31N5O4. The highest BCUT2D eigenvalue weighted by Gasteiger charge is 2.28. The highest BCUT2D eigenvalue weighted by atomic mass is 16.5. The van der Waals surface area contributed by atoms with Crippen molar-refractivity contribution in [1.29, 1.82) is 0 Å². The lowest BCUT2D eigenvalue weighted by Gasteiger charge is -2.36. The quantitative estimate of drug-likeness (QED) is 0.532. The summed E-state index contributed by atoms with van der Waals surface area (Å²) in [5.74, 6) is 2.55. The Kier molecular flexibility index (Phi) is 6.96. The van der Waals surface area contributed by atoms with Gasteiger partial charge in [0.05, 0.1) is 12.3 Å². The van der Waals surface area contributed by atoms with Gasteiger partial charge in [0.2, 0.25) is 5.88 Å². The van der Waals surface area contributed by atoms with Gasteiger partial charge >= 0.3 is 0 Å². The zero-order valence-corrected chi connectivity index (χ0v) is 20.1. The van der Waals surface area contributed by atoms with Crippen LogP contribution in [0.1, 0.15) is 24.8 Å². The van der Waals surface area contributed by atoms with Crippen LogP contribution < -0.4 is 9.47 Å². The first kappa shape index (κ1) is 23.3. The minimum absolute atomic E-state index is 0.0762. The van der Waals surface area contributed by atoms with Crippen LogP contribution in [0.3, 0.4) is 0 Å². The normalized spacial score (nSPS) is 18.7. The molecule has 4 heterocycles. The first-order valence-electron chi connectivity index (χ1n) is 12.0. The first-order valence-corrected chi connectivity index (χ1v) is 12.0. The van der Waals surface area contributed by atoms with Crippen molar-refractivity contribution in [3.8, 4) is 28.6 Å². The van der Waals surface area contributed by atoms with Crippen molar-refractivity contribution in [1.82, 2.24) is 25.0 Å². The Bertz CT molecular complexity index is 1130.